The third-order valence-electron chi connectivity index (χ3n) is 3.42. The van der Waals surface area contributed by atoms with Crippen molar-refractivity contribution in [2.24, 2.45) is 5.73 Å². The fourth-order valence-corrected chi connectivity index (χ4v) is 2.38. The fourth-order valence-electron chi connectivity index (χ4n) is 2.38. The van der Waals surface area contributed by atoms with Gasteiger partial charge in [0, 0.05) is 11.1 Å². The second kappa shape index (κ2) is 6.34. The lowest BCUT2D eigenvalue weighted by molar-refractivity contribution is 0.248. The van der Waals surface area contributed by atoms with E-state index < -0.39 is 0 Å². The second-order valence-electron chi connectivity index (χ2n) is 4.89. The first-order valence-electron chi connectivity index (χ1n) is 7.00. The molecule has 2 aromatic rings. The molecule has 0 radical (unpaired) electrons. The molecule has 0 aliphatic carbocycles. The Morgan fingerprint density at radius 2 is 2.10 bits per heavy atom. The Kier molecular flexibility index (Phi) is 4.09. The average Bonchev–Trinajstić information content (AvgIpc) is 2.95. The number of nitrogens with two attached hydrogens (primary N) is 1. The van der Waals surface area contributed by atoms with Gasteiger partial charge in [-0.25, -0.2) is 0 Å². The molecule has 1 atom stereocenters. The van der Waals surface area contributed by atoms with E-state index in [9.17, 15) is 0 Å². The van der Waals surface area contributed by atoms with Crippen LogP contribution < -0.4 is 15.2 Å². The second-order valence-corrected chi connectivity index (χ2v) is 4.89. The maximum atomic E-state index is 5.89. The number of hydrogen-bond donors (Lipinski definition) is 1. The van der Waals surface area contributed by atoms with Crippen molar-refractivity contribution in [3.63, 3.8) is 0 Å². The first-order valence-corrected chi connectivity index (χ1v) is 7.00. The zero-order valence-corrected chi connectivity index (χ0v) is 11.7. The van der Waals surface area contributed by atoms with Gasteiger partial charge in [-0.3, -0.25) is 0 Å². The molecule has 0 saturated heterocycles. The highest BCUT2D eigenvalue weighted by Gasteiger charge is 2.24. The number of hydrogen-bond acceptors (Lipinski definition) is 3. The first-order chi connectivity index (χ1) is 10.4. The van der Waals surface area contributed by atoms with Gasteiger partial charge < -0.3 is 15.2 Å². The molecule has 3 rings (SSSR count). The van der Waals surface area contributed by atoms with Crippen molar-refractivity contribution in [2.45, 2.75) is 5.92 Å². The van der Waals surface area contributed by atoms with E-state index >= 15 is 0 Å². The van der Waals surface area contributed by atoms with E-state index in [1.165, 1.54) is 5.56 Å². The minimum Gasteiger partial charge on any atom is -0.493 e. The molecule has 2 N–H and O–H groups in total. The van der Waals surface area contributed by atoms with Crippen LogP contribution in [-0.4, -0.2) is 19.8 Å². The molecule has 106 valence electrons. The molecule has 1 aliphatic rings. The van der Waals surface area contributed by atoms with Gasteiger partial charge in [0.05, 0.1) is 25.7 Å². The summed E-state index contributed by atoms with van der Waals surface area (Å²) >= 11 is 0. The molecule has 2 aromatic carbocycles. The van der Waals surface area contributed by atoms with Crippen molar-refractivity contribution in [1.82, 2.24) is 0 Å². The molecule has 0 aromatic heterocycles. The SMILES string of the molecule is NCC#Cc1cccc(OCC2COc3ccccc32)c1. The van der Waals surface area contributed by atoms with Crippen molar-refractivity contribution in [2.75, 3.05) is 19.8 Å². The highest BCUT2D eigenvalue weighted by molar-refractivity contribution is 5.41. The molecule has 1 unspecified atom stereocenters. The van der Waals surface area contributed by atoms with E-state index in [0.29, 0.717) is 19.8 Å². The Morgan fingerprint density at radius 1 is 1.19 bits per heavy atom. The normalized spacial score (nSPS) is 15.6. The Balaban J connectivity index is 1.66. The number of ether oxygens (including phenoxy) is 2. The Labute approximate surface area is 124 Å². The summed E-state index contributed by atoms with van der Waals surface area (Å²) in [5.74, 6) is 7.92. The number of fused-ring (bicyclic) bond motifs is 1. The summed E-state index contributed by atoms with van der Waals surface area (Å²) in [5.41, 5.74) is 7.52. The smallest absolute Gasteiger partial charge is 0.123 e. The first kappa shape index (κ1) is 13.5. The van der Waals surface area contributed by atoms with Crippen LogP contribution >= 0.6 is 0 Å². The van der Waals surface area contributed by atoms with Crippen LogP contribution in [0, 0.1) is 11.8 Å². The number of para-hydroxylation sites is 1. The molecule has 1 aliphatic heterocycles. The topological polar surface area (TPSA) is 44.5 Å². The van der Waals surface area contributed by atoms with E-state index in [-0.39, 0.29) is 5.92 Å². The lowest BCUT2D eigenvalue weighted by atomic mass is 10.0. The molecule has 0 spiro atoms. The predicted molar refractivity (Wildman–Crippen MR) is 82.5 cm³/mol. The van der Waals surface area contributed by atoms with Crippen LogP contribution in [0.15, 0.2) is 48.5 Å². The summed E-state index contributed by atoms with van der Waals surface area (Å²) in [4.78, 5) is 0. The largest absolute Gasteiger partial charge is 0.493 e. The summed E-state index contributed by atoms with van der Waals surface area (Å²) in [7, 11) is 0. The van der Waals surface area contributed by atoms with Crippen LogP contribution in [0.4, 0.5) is 0 Å². The van der Waals surface area contributed by atoms with Crippen LogP contribution in [0.5, 0.6) is 11.5 Å². The Bertz CT molecular complexity index is 685. The zero-order valence-electron chi connectivity index (χ0n) is 11.7. The number of benzene rings is 2. The monoisotopic (exact) mass is 279 g/mol. The van der Waals surface area contributed by atoms with Crippen LogP contribution in [0.3, 0.4) is 0 Å². The minimum atomic E-state index is 0.278. The van der Waals surface area contributed by atoms with Crippen molar-refractivity contribution in [3.8, 4) is 23.3 Å². The molecule has 3 nitrogen and oxygen atoms in total. The third-order valence-corrected chi connectivity index (χ3v) is 3.42. The standard InChI is InChI=1S/C18H17NO2/c19-10-4-6-14-5-3-7-16(11-14)20-12-15-13-21-18-9-2-1-8-17(15)18/h1-3,5,7-9,11,15H,10,12-13,19H2. The van der Waals surface area contributed by atoms with E-state index in [1.807, 2.05) is 42.5 Å². The van der Waals surface area contributed by atoms with E-state index in [4.69, 9.17) is 15.2 Å². The Hall–Kier alpha value is -2.44. The van der Waals surface area contributed by atoms with Gasteiger partial charge in [0.1, 0.15) is 11.5 Å². The molecule has 3 heteroatoms. The zero-order chi connectivity index (χ0) is 14.5. The summed E-state index contributed by atoms with van der Waals surface area (Å²) in [6, 6.07) is 15.9. The molecule has 1 heterocycles. The molecule has 0 saturated carbocycles. The van der Waals surface area contributed by atoms with Crippen molar-refractivity contribution in [3.05, 3.63) is 59.7 Å². The Morgan fingerprint density at radius 3 is 3.00 bits per heavy atom. The highest BCUT2D eigenvalue weighted by Crippen LogP contribution is 2.33. The van der Waals surface area contributed by atoms with Gasteiger partial charge in [0.15, 0.2) is 0 Å². The van der Waals surface area contributed by atoms with E-state index in [2.05, 4.69) is 17.9 Å². The number of rotatable bonds is 3. The van der Waals surface area contributed by atoms with Gasteiger partial charge in [0.2, 0.25) is 0 Å². The third kappa shape index (κ3) is 3.18. The van der Waals surface area contributed by atoms with Gasteiger partial charge in [-0.15, -0.1) is 0 Å². The van der Waals surface area contributed by atoms with Gasteiger partial charge in [0.25, 0.3) is 0 Å². The highest BCUT2D eigenvalue weighted by atomic mass is 16.5. The van der Waals surface area contributed by atoms with Crippen LogP contribution in [0.2, 0.25) is 0 Å². The van der Waals surface area contributed by atoms with Crippen molar-refractivity contribution < 1.29 is 9.47 Å². The van der Waals surface area contributed by atoms with Crippen molar-refractivity contribution >= 4 is 0 Å². The molecule has 0 amide bonds. The van der Waals surface area contributed by atoms with Crippen LogP contribution in [-0.2, 0) is 0 Å². The van der Waals surface area contributed by atoms with Gasteiger partial charge in [-0.1, -0.05) is 36.1 Å². The summed E-state index contributed by atoms with van der Waals surface area (Å²) in [6.07, 6.45) is 0. The molecule has 0 bridgehead atoms. The van der Waals surface area contributed by atoms with E-state index in [0.717, 1.165) is 17.1 Å². The molecular formula is C18H17NO2. The lowest BCUT2D eigenvalue weighted by Gasteiger charge is -2.11. The summed E-state index contributed by atoms with van der Waals surface area (Å²) in [6.45, 7) is 1.64. The minimum absolute atomic E-state index is 0.278. The lowest BCUT2D eigenvalue weighted by Crippen LogP contribution is -2.11. The maximum Gasteiger partial charge on any atom is 0.123 e. The average molecular weight is 279 g/mol. The van der Waals surface area contributed by atoms with Gasteiger partial charge >= 0.3 is 0 Å². The molecule has 0 fully saturated rings. The van der Waals surface area contributed by atoms with Crippen LogP contribution in [0.1, 0.15) is 17.0 Å². The van der Waals surface area contributed by atoms with Crippen LogP contribution in [0.25, 0.3) is 0 Å². The molecular weight excluding hydrogens is 262 g/mol. The van der Waals surface area contributed by atoms with E-state index in [1.54, 1.807) is 0 Å². The fraction of sp³-hybridized carbons (Fsp3) is 0.222. The van der Waals surface area contributed by atoms with Crippen molar-refractivity contribution in [1.29, 1.82) is 0 Å². The summed E-state index contributed by atoms with van der Waals surface area (Å²) in [5, 5.41) is 0. The quantitative estimate of drug-likeness (QED) is 0.878. The summed E-state index contributed by atoms with van der Waals surface area (Å²) < 4.78 is 11.5. The van der Waals surface area contributed by atoms with Gasteiger partial charge in [-0.2, -0.15) is 0 Å². The van der Waals surface area contributed by atoms with Gasteiger partial charge in [-0.05, 0) is 24.3 Å². The maximum absolute atomic E-state index is 5.89. The molecule has 21 heavy (non-hydrogen) atoms. The predicted octanol–water partition coefficient (Wildman–Crippen LogP) is 2.55.